The van der Waals surface area contributed by atoms with Gasteiger partial charge in [0.25, 0.3) is 0 Å². The SMILES string of the molecule is CC[Si](CC)(CC)O[C@H]1CC2OC[C@@]2(OC(C)=O)[C@H]2[C@H](OC(=O)c3ccccc3)[C@]3(O)C(=O)[C@H](O)C(C)C([C@@H](O)C(=O)[C@]12C)C3(C)C. The highest BCUT2D eigenvalue weighted by Crippen LogP contribution is 2.65. The van der Waals surface area contributed by atoms with Crippen LogP contribution in [0.1, 0.15) is 72.2 Å². The first-order valence-electron chi connectivity index (χ1n) is 16.9. The molecule has 0 radical (unpaired) electrons. The second-order valence-corrected chi connectivity index (χ2v) is 19.6. The summed E-state index contributed by atoms with van der Waals surface area (Å²) < 4.78 is 25.5. The Hall–Kier alpha value is -2.48. The number of fused-ring (bicyclic) bond motifs is 5. The van der Waals surface area contributed by atoms with E-state index in [1.54, 1.807) is 32.0 Å². The number of carbonyl (C=O) groups is 4. The second kappa shape index (κ2) is 12.1. The zero-order valence-electron chi connectivity index (χ0n) is 28.6. The van der Waals surface area contributed by atoms with E-state index in [0.29, 0.717) is 0 Å². The lowest BCUT2D eigenvalue weighted by molar-refractivity contribution is -0.347. The second-order valence-electron chi connectivity index (χ2n) is 14.9. The van der Waals surface area contributed by atoms with Crippen molar-refractivity contribution in [2.75, 3.05) is 6.61 Å². The zero-order valence-corrected chi connectivity index (χ0v) is 29.6. The van der Waals surface area contributed by atoms with Crippen LogP contribution in [-0.2, 0) is 33.0 Å². The molecule has 0 amide bonds. The third kappa shape index (κ3) is 4.92. The number of carbonyl (C=O) groups excluding carboxylic acids is 4. The number of aliphatic hydroxyl groups excluding tert-OH is 2. The molecule has 1 aliphatic heterocycles. The summed E-state index contributed by atoms with van der Waals surface area (Å²) in [5, 5.41) is 36.5. The summed E-state index contributed by atoms with van der Waals surface area (Å²) in [5.74, 6) is -6.72. The number of benzene rings is 1. The van der Waals surface area contributed by atoms with Gasteiger partial charge in [0.2, 0.25) is 0 Å². The molecule has 1 aromatic carbocycles. The summed E-state index contributed by atoms with van der Waals surface area (Å²) in [6.45, 7) is 13.4. The summed E-state index contributed by atoms with van der Waals surface area (Å²) in [5.41, 5.74) is -7.54. The molecule has 0 spiro atoms. The highest BCUT2D eigenvalue weighted by atomic mass is 28.4. The Morgan fingerprint density at radius 3 is 2.09 bits per heavy atom. The van der Waals surface area contributed by atoms with Crippen molar-refractivity contribution in [3.8, 4) is 0 Å². The van der Waals surface area contributed by atoms with Crippen LogP contribution in [0.2, 0.25) is 18.1 Å². The first kappa shape index (κ1) is 35.8. The van der Waals surface area contributed by atoms with E-state index in [9.17, 15) is 29.7 Å². The molecule has 3 unspecified atom stereocenters. The number of ether oxygens (including phenoxy) is 3. The van der Waals surface area contributed by atoms with Gasteiger partial charge in [-0.25, -0.2) is 4.79 Å². The van der Waals surface area contributed by atoms with Crippen molar-refractivity contribution in [1.29, 1.82) is 0 Å². The van der Waals surface area contributed by atoms with Crippen molar-refractivity contribution in [2.45, 2.75) is 122 Å². The summed E-state index contributed by atoms with van der Waals surface area (Å²) in [4.78, 5) is 56.4. The molecule has 3 saturated carbocycles. The average molecular weight is 675 g/mol. The monoisotopic (exact) mass is 674 g/mol. The van der Waals surface area contributed by atoms with Gasteiger partial charge in [0, 0.05) is 24.7 Å². The molecule has 1 saturated heterocycles. The van der Waals surface area contributed by atoms with E-state index in [2.05, 4.69) is 0 Å². The normalized spacial score (nSPS) is 41.0. The highest BCUT2D eigenvalue weighted by Gasteiger charge is 2.81. The van der Waals surface area contributed by atoms with Crippen LogP contribution < -0.4 is 0 Å². The minimum Gasteiger partial charge on any atom is -0.455 e. The molecule has 260 valence electrons. The number of rotatable bonds is 8. The van der Waals surface area contributed by atoms with Crippen molar-refractivity contribution in [3.63, 3.8) is 0 Å². The Balaban J connectivity index is 1.85. The average Bonchev–Trinajstić information content (AvgIpc) is 3.04. The van der Waals surface area contributed by atoms with Crippen molar-refractivity contribution in [2.24, 2.45) is 28.6 Å². The topological polar surface area (TPSA) is 166 Å². The quantitative estimate of drug-likeness (QED) is 0.274. The third-order valence-corrected chi connectivity index (χ3v) is 17.3. The molecule has 47 heavy (non-hydrogen) atoms. The van der Waals surface area contributed by atoms with Gasteiger partial charge < -0.3 is 34.0 Å². The Morgan fingerprint density at radius 1 is 0.979 bits per heavy atom. The van der Waals surface area contributed by atoms with Crippen LogP contribution >= 0.6 is 0 Å². The van der Waals surface area contributed by atoms with Crippen LogP contribution in [0.25, 0.3) is 0 Å². The van der Waals surface area contributed by atoms with Crippen LogP contribution in [0.3, 0.4) is 0 Å². The maximum Gasteiger partial charge on any atom is 0.338 e. The lowest BCUT2D eigenvalue weighted by Crippen LogP contribution is -2.85. The Labute approximate surface area is 277 Å². The summed E-state index contributed by atoms with van der Waals surface area (Å²) in [6.07, 6.45) is -7.00. The molecule has 0 aromatic heterocycles. The molecule has 4 aliphatic rings. The zero-order chi connectivity index (χ0) is 34.9. The van der Waals surface area contributed by atoms with E-state index < -0.39 is 102 Å². The molecule has 3 aliphatic carbocycles. The van der Waals surface area contributed by atoms with Crippen LogP contribution in [0.15, 0.2) is 30.3 Å². The smallest absolute Gasteiger partial charge is 0.338 e. The van der Waals surface area contributed by atoms with Crippen molar-refractivity contribution in [1.82, 2.24) is 0 Å². The third-order valence-electron chi connectivity index (χ3n) is 12.6. The predicted octanol–water partition coefficient (Wildman–Crippen LogP) is 3.23. The van der Waals surface area contributed by atoms with E-state index in [4.69, 9.17) is 18.6 Å². The van der Waals surface area contributed by atoms with Crippen molar-refractivity contribution in [3.05, 3.63) is 35.9 Å². The number of Topliss-reactive ketones (excluding diaryl/α,β-unsaturated/α-hetero) is 2. The van der Waals surface area contributed by atoms with Crippen LogP contribution in [0, 0.1) is 28.6 Å². The van der Waals surface area contributed by atoms with Crippen molar-refractivity contribution < 1.29 is 53.1 Å². The van der Waals surface area contributed by atoms with Gasteiger partial charge in [-0.05, 0) is 43.1 Å². The van der Waals surface area contributed by atoms with E-state index in [1.165, 1.54) is 32.9 Å². The minimum absolute atomic E-state index is 0.124. The number of ketones is 2. The van der Waals surface area contributed by atoms with Gasteiger partial charge in [-0.3, -0.25) is 14.4 Å². The number of hydrogen-bond acceptors (Lipinski definition) is 11. The molecule has 11 atom stereocenters. The lowest BCUT2D eigenvalue weighted by Gasteiger charge is -2.69. The predicted molar refractivity (Wildman–Crippen MR) is 172 cm³/mol. The van der Waals surface area contributed by atoms with Gasteiger partial charge in [0.05, 0.1) is 29.6 Å². The summed E-state index contributed by atoms with van der Waals surface area (Å²) >= 11 is 0. The van der Waals surface area contributed by atoms with Gasteiger partial charge >= 0.3 is 11.9 Å². The van der Waals surface area contributed by atoms with Gasteiger partial charge in [-0.1, -0.05) is 59.7 Å². The maximum atomic E-state index is 15.2. The number of hydrogen-bond donors (Lipinski definition) is 3. The van der Waals surface area contributed by atoms with Crippen LogP contribution in [-0.4, -0.2) is 95.5 Å². The minimum atomic E-state index is -2.65. The Bertz CT molecular complexity index is 1400. The maximum absolute atomic E-state index is 15.2. The fourth-order valence-corrected chi connectivity index (χ4v) is 12.5. The molecule has 12 heteroatoms. The first-order chi connectivity index (χ1) is 21.9. The fourth-order valence-electron chi connectivity index (χ4n) is 9.56. The first-order valence-corrected chi connectivity index (χ1v) is 19.4. The van der Waals surface area contributed by atoms with Crippen LogP contribution in [0.5, 0.6) is 0 Å². The molecule has 11 nitrogen and oxygen atoms in total. The van der Waals surface area contributed by atoms with E-state index >= 15 is 4.79 Å². The highest BCUT2D eigenvalue weighted by molar-refractivity contribution is 6.73. The number of esters is 2. The molecule has 1 heterocycles. The Morgan fingerprint density at radius 2 is 1.57 bits per heavy atom. The molecule has 5 rings (SSSR count). The van der Waals surface area contributed by atoms with Gasteiger partial charge in [-0.2, -0.15) is 0 Å². The van der Waals surface area contributed by atoms with E-state index in [1.807, 2.05) is 20.8 Å². The summed E-state index contributed by atoms with van der Waals surface area (Å²) in [7, 11) is -2.49. The Kier molecular flexibility index (Phi) is 9.25. The van der Waals surface area contributed by atoms with Gasteiger partial charge in [0.15, 0.2) is 31.1 Å². The van der Waals surface area contributed by atoms with E-state index in [0.717, 1.165) is 18.1 Å². The molecular weight excluding hydrogens is 624 g/mol. The van der Waals surface area contributed by atoms with Crippen LogP contribution in [0.4, 0.5) is 0 Å². The molecule has 1 aromatic rings. The number of aliphatic hydroxyl groups is 3. The molecule has 4 fully saturated rings. The molecule has 3 N–H and O–H groups in total. The van der Waals surface area contributed by atoms with Crippen molar-refractivity contribution >= 4 is 31.8 Å². The lowest BCUT2D eigenvalue weighted by atomic mass is 9.42. The molecule has 2 bridgehead atoms. The van der Waals surface area contributed by atoms with E-state index in [-0.39, 0.29) is 18.6 Å². The summed E-state index contributed by atoms with van der Waals surface area (Å²) in [6, 6.07) is 10.2. The fraction of sp³-hybridized carbons (Fsp3) is 0.714. The van der Waals surface area contributed by atoms with Gasteiger partial charge in [0.1, 0.15) is 24.4 Å². The van der Waals surface area contributed by atoms with Gasteiger partial charge in [-0.15, -0.1) is 0 Å². The largest absolute Gasteiger partial charge is 0.455 e. The molecular formula is C35H50O11Si. The standard InChI is InChI=1S/C35H50O11Si/c1-9-47(10-2,11-3)46-22-17-23-34(18-43-23,45-20(5)36)27-30(44-31(41)21-15-13-12-14-16-21)35(42)29(40)25(37)19(4)24(32(35,6)7)26(38)28(39)33(22,27)8/h12-16,19,22-27,30,37-38,42H,9-11,17-18H2,1-8H3/t19?,22-,23?,24?,25+,26+,27-,30-,33+,34-,35+/m0/s1.